The molecule has 0 radical (unpaired) electrons. The number of hydrogen-bond acceptors (Lipinski definition) is 0. The lowest BCUT2D eigenvalue weighted by Crippen LogP contribution is -1.99. The molecular weight excluding hydrogens is 416 g/mol. The molecule has 0 aliphatic carbocycles. The smallest absolute Gasteiger partial charge is 0.198 e. The van der Waals surface area contributed by atoms with Crippen molar-refractivity contribution in [2.45, 2.75) is 0 Å². The molecule has 0 bridgehead atoms. The van der Waals surface area contributed by atoms with E-state index in [9.17, 15) is 35.1 Å². The summed E-state index contributed by atoms with van der Waals surface area (Å²) in [7, 11) is 0. The third-order valence-electron chi connectivity index (χ3n) is 4.70. The molecule has 0 atom stereocenters. The molecule has 152 valence electrons. The summed E-state index contributed by atoms with van der Waals surface area (Å²) in [6.07, 6.45) is 2.17. The van der Waals surface area contributed by atoms with E-state index in [-0.39, 0.29) is 16.3 Å². The average molecular weight is 424 g/mol. The number of rotatable bonds is 2. The first-order valence-corrected chi connectivity index (χ1v) is 8.40. The maximum atomic E-state index is 14.4. The Labute approximate surface area is 163 Å². The minimum absolute atomic E-state index is 0.0295. The number of hydrogen-bond donors (Lipinski definition) is 0. The standard InChI is InChI=1S/C22H8F8/c23-14-8-10(16(24)20(28)18(14)26)5-4-9-2-1-3-12-11(9)6-7-13-15(12)19(27)22(30)21(29)17(13)25/h1-8H. The molecule has 0 heterocycles. The van der Waals surface area contributed by atoms with Crippen molar-refractivity contribution in [3.05, 3.63) is 94.1 Å². The van der Waals surface area contributed by atoms with Crippen LogP contribution in [0.1, 0.15) is 11.1 Å². The van der Waals surface area contributed by atoms with Gasteiger partial charge in [0, 0.05) is 16.3 Å². The van der Waals surface area contributed by atoms with E-state index in [2.05, 4.69) is 0 Å². The Morgan fingerprint density at radius 2 is 1.07 bits per heavy atom. The number of fused-ring (bicyclic) bond motifs is 3. The normalized spacial score (nSPS) is 11.9. The molecule has 0 amide bonds. The molecular formula is C22H8F8. The highest BCUT2D eigenvalue weighted by molar-refractivity contribution is 6.10. The molecule has 0 aliphatic rings. The maximum Gasteiger partial charge on any atom is 0.198 e. The van der Waals surface area contributed by atoms with Crippen LogP contribution in [0.3, 0.4) is 0 Å². The fraction of sp³-hybridized carbons (Fsp3) is 0. The van der Waals surface area contributed by atoms with E-state index in [0.717, 1.165) is 12.1 Å². The summed E-state index contributed by atoms with van der Waals surface area (Å²) in [4.78, 5) is 0. The molecule has 4 aromatic carbocycles. The molecule has 30 heavy (non-hydrogen) atoms. The molecule has 0 saturated carbocycles. The molecule has 8 heteroatoms. The first-order valence-electron chi connectivity index (χ1n) is 8.40. The Bertz CT molecular complexity index is 1370. The summed E-state index contributed by atoms with van der Waals surface area (Å²) >= 11 is 0. The minimum atomic E-state index is -1.98. The van der Waals surface area contributed by atoms with E-state index in [1.54, 1.807) is 0 Å². The molecule has 4 aromatic rings. The van der Waals surface area contributed by atoms with Crippen LogP contribution in [-0.2, 0) is 0 Å². The second-order valence-electron chi connectivity index (χ2n) is 6.41. The lowest BCUT2D eigenvalue weighted by atomic mass is 9.97. The first kappa shape index (κ1) is 19.9. The largest absolute Gasteiger partial charge is 0.204 e. The molecule has 0 aliphatic heterocycles. The minimum Gasteiger partial charge on any atom is -0.204 e. The fourth-order valence-electron chi connectivity index (χ4n) is 3.26. The van der Waals surface area contributed by atoms with Gasteiger partial charge in [0.05, 0.1) is 0 Å². The zero-order chi connectivity index (χ0) is 21.7. The topological polar surface area (TPSA) is 0 Å². The fourth-order valence-corrected chi connectivity index (χ4v) is 3.26. The monoisotopic (exact) mass is 424 g/mol. The van der Waals surface area contributed by atoms with Gasteiger partial charge in [-0.2, -0.15) is 0 Å². The van der Waals surface area contributed by atoms with Crippen LogP contribution < -0.4 is 0 Å². The Balaban J connectivity index is 1.94. The van der Waals surface area contributed by atoms with E-state index in [1.165, 1.54) is 30.3 Å². The summed E-state index contributed by atoms with van der Waals surface area (Å²) in [6, 6.07) is 7.01. The molecule has 0 N–H and O–H groups in total. The molecule has 0 aromatic heterocycles. The van der Waals surface area contributed by atoms with Crippen molar-refractivity contribution < 1.29 is 35.1 Å². The molecule has 0 unspecified atom stereocenters. The molecule has 0 spiro atoms. The van der Waals surface area contributed by atoms with Crippen molar-refractivity contribution in [1.29, 1.82) is 0 Å². The Kier molecular flexibility index (Phi) is 4.72. The summed E-state index contributed by atoms with van der Waals surface area (Å²) in [5.41, 5.74) is -0.321. The Hall–Kier alpha value is -3.42. The van der Waals surface area contributed by atoms with Crippen LogP contribution in [0, 0.1) is 46.5 Å². The highest BCUT2D eigenvalue weighted by Crippen LogP contribution is 2.34. The second-order valence-corrected chi connectivity index (χ2v) is 6.41. The van der Waals surface area contributed by atoms with Gasteiger partial charge in [-0.15, -0.1) is 0 Å². The van der Waals surface area contributed by atoms with Crippen LogP contribution in [0.4, 0.5) is 35.1 Å². The highest BCUT2D eigenvalue weighted by Gasteiger charge is 2.22. The molecule has 4 rings (SSSR count). The third-order valence-corrected chi connectivity index (χ3v) is 4.70. The number of halogens is 8. The van der Waals surface area contributed by atoms with Gasteiger partial charge in [-0.1, -0.05) is 42.5 Å². The van der Waals surface area contributed by atoms with Gasteiger partial charge in [0.1, 0.15) is 0 Å². The van der Waals surface area contributed by atoms with Gasteiger partial charge in [-0.25, -0.2) is 35.1 Å². The molecule has 0 saturated heterocycles. The van der Waals surface area contributed by atoms with E-state index in [0.29, 0.717) is 6.07 Å². The predicted molar refractivity (Wildman–Crippen MR) is 96.5 cm³/mol. The van der Waals surface area contributed by atoms with Crippen LogP contribution in [0.15, 0.2) is 36.4 Å². The van der Waals surface area contributed by atoms with Crippen LogP contribution >= 0.6 is 0 Å². The van der Waals surface area contributed by atoms with Gasteiger partial charge in [-0.3, -0.25) is 0 Å². The lowest BCUT2D eigenvalue weighted by molar-refractivity contribution is 0.408. The zero-order valence-corrected chi connectivity index (χ0v) is 14.6. The van der Waals surface area contributed by atoms with Gasteiger partial charge in [0.25, 0.3) is 0 Å². The van der Waals surface area contributed by atoms with Crippen molar-refractivity contribution in [2.75, 3.05) is 0 Å². The second kappa shape index (κ2) is 7.12. The van der Waals surface area contributed by atoms with Crippen LogP contribution in [0.5, 0.6) is 0 Å². The van der Waals surface area contributed by atoms with Crippen molar-refractivity contribution >= 4 is 33.7 Å². The highest BCUT2D eigenvalue weighted by atomic mass is 19.2. The van der Waals surface area contributed by atoms with Crippen molar-refractivity contribution in [3.63, 3.8) is 0 Å². The van der Waals surface area contributed by atoms with Gasteiger partial charge >= 0.3 is 0 Å². The van der Waals surface area contributed by atoms with Crippen LogP contribution in [-0.4, -0.2) is 0 Å². The summed E-state index contributed by atoms with van der Waals surface area (Å²) in [6.45, 7) is 0. The van der Waals surface area contributed by atoms with E-state index in [4.69, 9.17) is 0 Å². The quantitative estimate of drug-likeness (QED) is 0.104. The predicted octanol–water partition coefficient (Wildman–Crippen LogP) is 7.28. The summed E-state index contributed by atoms with van der Waals surface area (Å²) < 4.78 is 109. The summed E-state index contributed by atoms with van der Waals surface area (Å²) in [5.74, 6) is -14.2. The molecule has 0 nitrogen and oxygen atoms in total. The van der Waals surface area contributed by atoms with Crippen molar-refractivity contribution in [2.24, 2.45) is 0 Å². The van der Waals surface area contributed by atoms with E-state index >= 15 is 0 Å². The van der Waals surface area contributed by atoms with Gasteiger partial charge < -0.3 is 0 Å². The van der Waals surface area contributed by atoms with Gasteiger partial charge in [-0.05, 0) is 22.4 Å². The van der Waals surface area contributed by atoms with Crippen LogP contribution in [0.25, 0.3) is 33.7 Å². The molecule has 0 fully saturated rings. The van der Waals surface area contributed by atoms with Gasteiger partial charge in [0.15, 0.2) is 46.5 Å². The van der Waals surface area contributed by atoms with Gasteiger partial charge in [0.2, 0.25) is 0 Å². The van der Waals surface area contributed by atoms with E-state index < -0.39 is 62.9 Å². The Morgan fingerprint density at radius 3 is 1.80 bits per heavy atom. The van der Waals surface area contributed by atoms with Crippen molar-refractivity contribution in [1.82, 2.24) is 0 Å². The van der Waals surface area contributed by atoms with E-state index in [1.807, 2.05) is 0 Å². The SMILES string of the molecule is Fc1cc(C=Cc2cccc3c2ccc2c(F)c(F)c(F)c(F)c23)c(F)c(F)c1F. The Morgan fingerprint density at radius 1 is 0.467 bits per heavy atom. The zero-order valence-electron chi connectivity index (χ0n) is 14.6. The first-order chi connectivity index (χ1) is 14.2. The third kappa shape index (κ3) is 2.91. The number of benzene rings is 4. The lowest BCUT2D eigenvalue weighted by Gasteiger charge is -2.10. The maximum absolute atomic E-state index is 14.4. The average Bonchev–Trinajstić information content (AvgIpc) is 2.75. The van der Waals surface area contributed by atoms with Crippen molar-refractivity contribution in [3.8, 4) is 0 Å². The van der Waals surface area contributed by atoms with Crippen LogP contribution in [0.2, 0.25) is 0 Å². The summed E-state index contributed by atoms with van der Waals surface area (Å²) in [5, 5.41) is -0.700.